The number of aliphatic hydroxyl groups is 1. The van der Waals surface area contributed by atoms with Crippen molar-refractivity contribution in [2.75, 3.05) is 26.3 Å². The Balaban J connectivity index is 2.04. The van der Waals surface area contributed by atoms with Crippen molar-refractivity contribution in [2.24, 2.45) is 5.92 Å². The molecule has 1 aromatic carbocycles. The van der Waals surface area contributed by atoms with Crippen LogP contribution in [0.3, 0.4) is 0 Å². The van der Waals surface area contributed by atoms with E-state index in [-0.39, 0.29) is 24.8 Å². The third-order valence-corrected chi connectivity index (χ3v) is 4.32. The van der Waals surface area contributed by atoms with Gasteiger partial charge < -0.3 is 20.1 Å². The quantitative estimate of drug-likeness (QED) is 0.875. The zero-order valence-corrected chi connectivity index (χ0v) is 14.3. The Morgan fingerprint density at radius 2 is 2.09 bits per heavy atom. The average Bonchev–Trinajstić information content (AvgIpc) is 2.59. The number of urea groups is 1. The molecule has 1 heterocycles. The molecule has 2 amide bonds. The van der Waals surface area contributed by atoms with Gasteiger partial charge in [0, 0.05) is 6.54 Å². The molecule has 1 saturated heterocycles. The van der Waals surface area contributed by atoms with Crippen LogP contribution in [0.4, 0.5) is 4.79 Å². The second-order valence-corrected chi connectivity index (χ2v) is 6.39. The second-order valence-electron chi connectivity index (χ2n) is 6.39. The zero-order chi connectivity index (χ0) is 16.8. The monoisotopic (exact) mass is 320 g/mol. The van der Waals surface area contributed by atoms with E-state index < -0.39 is 0 Å². The van der Waals surface area contributed by atoms with E-state index >= 15 is 0 Å². The predicted molar refractivity (Wildman–Crippen MR) is 90.3 cm³/mol. The fourth-order valence-corrected chi connectivity index (χ4v) is 2.83. The van der Waals surface area contributed by atoms with Gasteiger partial charge in [-0.3, -0.25) is 0 Å². The van der Waals surface area contributed by atoms with E-state index in [1.54, 1.807) is 4.90 Å². The molecule has 0 spiro atoms. The van der Waals surface area contributed by atoms with Gasteiger partial charge in [-0.25, -0.2) is 4.79 Å². The summed E-state index contributed by atoms with van der Waals surface area (Å²) in [6.07, 6.45) is 0.728. The zero-order valence-electron chi connectivity index (χ0n) is 14.3. The van der Waals surface area contributed by atoms with Gasteiger partial charge in [-0.2, -0.15) is 0 Å². The van der Waals surface area contributed by atoms with E-state index in [9.17, 15) is 9.90 Å². The maximum absolute atomic E-state index is 12.5. The lowest BCUT2D eigenvalue weighted by molar-refractivity contribution is -0.0406. The lowest BCUT2D eigenvalue weighted by Crippen LogP contribution is -2.51. The molecule has 1 fully saturated rings. The van der Waals surface area contributed by atoms with E-state index in [0.717, 1.165) is 12.0 Å². The number of rotatable bonds is 5. The lowest BCUT2D eigenvalue weighted by Gasteiger charge is -2.34. The van der Waals surface area contributed by atoms with Gasteiger partial charge in [-0.05, 0) is 23.5 Å². The van der Waals surface area contributed by atoms with Gasteiger partial charge in [0.25, 0.3) is 0 Å². The van der Waals surface area contributed by atoms with Gasteiger partial charge in [0.15, 0.2) is 0 Å². The summed E-state index contributed by atoms with van der Waals surface area (Å²) in [4.78, 5) is 14.3. The van der Waals surface area contributed by atoms with E-state index in [1.807, 2.05) is 0 Å². The molecule has 1 aliphatic heterocycles. The summed E-state index contributed by atoms with van der Waals surface area (Å²) in [5.74, 6) is 0.293. The highest BCUT2D eigenvalue weighted by atomic mass is 16.5. The van der Waals surface area contributed by atoms with Crippen LogP contribution < -0.4 is 5.32 Å². The van der Waals surface area contributed by atoms with Crippen LogP contribution in [0.1, 0.15) is 37.9 Å². The summed E-state index contributed by atoms with van der Waals surface area (Å²) in [7, 11) is 0. The molecular weight excluding hydrogens is 292 g/mol. The van der Waals surface area contributed by atoms with Crippen LogP contribution >= 0.6 is 0 Å². The summed E-state index contributed by atoms with van der Waals surface area (Å²) < 4.78 is 5.40. The van der Waals surface area contributed by atoms with Crippen molar-refractivity contribution >= 4 is 6.03 Å². The van der Waals surface area contributed by atoms with Crippen molar-refractivity contribution in [3.05, 3.63) is 35.4 Å². The highest BCUT2D eigenvalue weighted by molar-refractivity contribution is 5.75. The molecule has 1 aliphatic rings. The largest absolute Gasteiger partial charge is 0.394 e. The van der Waals surface area contributed by atoms with Crippen molar-refractivity contribution in [1.29, 1.82) is 0 Å². The summed E-state index contributed by atoms with van der Waals surface area (Å²) >= 11 is 0. The number of hydrogen-bond donors (Lipinski definition) is 2. The Bertz CT molecular complexity index is 501. The molecule has 128 valence electrons. The van der Waals surface area contributed by atoms with Gasteiger partial charge in [0.05, 0.1) is 31.9 Å². The first kappa shape index (κ1) is 17.8. The third-order valence-electron chi connectivity index (χ3n) is 4.32. The van der Waals surface area contributed by atoms with Crippen LogP contribution in [0.2, 0.25) is 0 Å². The highest BCUT2D eigenvalue weighted by Crippen LogP contribution is 2.23. The Morgan fingerprint density at radius 3 is 2.65 bits per heavy atom. The van der Waals surface area contributed by atoms with Gasteiger partial charge in [-0.15, -0.1) is 0 Å². The number of morpholine rings is 1. The number of ether oxygens (including phenoxy) is 1. The molecule has 0 radical (unpaired) electrons. The number of nitrogens with one attached hydrogen (secondary N) is 1. The lowest BCUT2D eigenvalue weighted by atomic mass is 9.95. The number of aryl methyl sites for hydroxylation is 1. The molecule has 0 aliphatic carbocycles. The SMILES string of the molecule is CCc1ccc([C@H](NC(=O)N2CCO[C@@H](CO)C2)C(C)C)cc1. The van der Waals surface area contributed by atoms with Gasteiger partial charge >= 0.3 is 6.03 Å². The minimum Gasteiger partial charge on any atom is -0.394 e. The first-order valence-electron chi connectivity index (χ1n) is 8.41. The molecule has 2 N–H and O–H groups in total. The first-order chi connectivity index (χ1) is 11.0. The first-order valence-corrected chi connectivity index (χ1v) is 8.41. The summed E-state index contributed by atoms with van der Waals surface area (Å²) in [5.41, 5.74) is 2.42. The number of carbonyl (C=O) groups is 1. The van der Waals surface area contributed by atoms with Gasteiger partial charge in [0.2, 0.25) is 0 Å². The van der Waals surface area contributed by atoms with Gasteiger partial charge in [0.1, 0.15) is 0 Å². The number of benzene rings is 1. The minimum absolute atomic E-state index is 0.0242. The topological polar surface area (TPSA) is 61.8 Å². The van der Waals surface area contributed by atoms with Crippen molar-refractivity contribution in [1.82, 2.24) is 10.2 Å². The summed E-state index contributed by atoms with van der Waals surface area (Å²) in [5, 5.41) is 12.3. The van der Waals surface area contributed by atoms with Crippen LogP contribution in [-0.4, -0.2) is 48.4 Å². The summed E-state index contributed by atoms with van der Waals surface area (Å²) in [6, 6.07) is 8.31. The fraction of sp³-hybridized carbons (Fsp3) is 0.611. The summed E-state index contributed by atoms with van der Waals surface area (Å²) in [6.45, 7) is 7.74. The Labute approximate surface area is 138 Å². The molecule has 2 rings (SSSR count). The van der Waals surface area contributed by atoms with E-state index in [0.29, 0.717) is 25.6 Å². The molecule has 5 heteroatoms. The van der Waals surface area contributed by atoms with Crippen LogP contribution in [0.5, 0.6) is 0 Å². The molecule has 0 unspecified atom stereocenters. The molecule has 0 bridgehead atoms. The van der Waals surface area contributed by atoms with Crippen molar-refractivity contribution in [3.63, 3.8) is 0 Å². The molecule has 1 aromatic rings. The predicted octanol–water partition coefficient (Wildman–Crippen LogP) is 2.35. The fourth-order valence-electron chi connectivity index (χ4n) is 2.83. The maximum Gasteiger partial charge on any atom is 0.318 e. The highest BCUT2D eigenvalue weighted by Gasteiger charge is 2.26. The molecule has 2 atom stereocenters. The number of hydrogen-bond acceptors (Lipinski definition) is 3. The van der Waals surface area contributed by atoms with Crippen molar-refractivity contribution in [2.45, 2.75) is 39.3 Å². The van der Waals surface area contributed by atoms with Crippen molar-refractivity contribution < 1.29 is 14.6 Å². The second kappa shape index (κ2) is 8.31. The minimum atomic E-state index is -0.282. The van der Waals surface area contributed by atoms with Crippen LogP contribution in [0, 0.1) is 5.92 Å². The average molecular weight is 320 g/mol. The third kappa shape index (κ3) is 4.69. The normalized spacial score (nSPS) is 19.7. The van der Waals surface area contributed by atoms with Crippen LogP contribution in [0.15, 0.2) is 24.3 Å². The van der Waals surface area contributed by atoms with E-state index in [2.05, 4.69) is 50.4 Å². The standard InChI is InChI=1S/C18H28N2O3/c1-4-14-5-7-15(8-6-14)17(13(2)3)19-18(22)20-9-10-23-16(11-20)12-21/h5-8,13,16-17,21H,4,9-12H2,1-3H3,(H,19,22)/t16-,17-/m1/s1. The van der Waals surface area contributed by atoms with Crippen molar-refractivity contribution in [3.8, 4) is 0 Å². The number of aliphatic hydroxyl groups excluding tert-OH is 1. The molecule has 23 heavy (non-hydrogen) atoms. The van der Waals surface area contributed by atoms with E-state index in [4.69, 9.17) is 4.74 Å². The smallest absolute Gasteiger partial charge is 0.318 e. The maximum atomic E-state index is 12.5. The van der Waals surface area contributed by atoms with Crippen LogP contribution in [-0.2, 0) is 11.2 Å². The Morgan fingerprint density at radius 1 is 1.39 bits per heavy atom. The molecule has 5 nitrogen and oxygen atoms in total. The molecule has 0 saturated carbocycles. The number of nitrogens with zero attached hydrogens (tertiary/aromatic N) is 1. The van der Waals surface area contributed by atoms with Crippen LogP contribution in [0.25, 0.3) is 0 Å². The van der Waals surface area contributed by atoms with E-state index in [1.165, 1.54) is 5.56 Å². The molecule has 0 aromatic heterocycles. The Hall–Kier alpha value is -1.59. The molecular formula is C18H28N2O3. The number of carbonyl (C=O) groups excluding carboxylic acids is 1. The van der Waals surface area contributed by atoms with Gasteiger partial charge in [-0.1, -0.05) is 45.0 Å². The Kier molecular flexibility index (Phi) is 6.42. The number of amides is 2.